The molecular weight excluding hydrogens is 337 g/mol. The minimum atomic E-state index is -4.00. The predicted octanol–water partition coefficient (Wildman–Crippen LogP) is 1.68. The molecule has 3 amide bonds. The molecule has 3 rings (SSSR count). The number of carbonyl (C=O) groups is 2. The summed E-state index contributed by atoms with van der Waals surface area (Å²) in [5.74, 6) is -1.11. The molecule has 0 spiro atoms. The number of sulfonamides is 1. The van der Waals surface area contributed by atoms with Crippen LogP contribution in [0.4, 0.5) is 20.6 Å². The standard InChI is InChI=1S/C15H12FN3O4S/c16-10-3-1-6-13(7-10)24(22,23)18-11-4-2-5-12(8-11)19-14(20)9-17-15(19)21/h1-8,18H,9H2,(H,17,21). The molecule has 1 aliphatic rings. The minimum absolute atomic E-state index is 0.113. The van der Waals surface area contributed by atoms with Gasteiger partial charge in [-0.05, 0) is 36.4 Å². The third-order valence-corrected chi connectivity index (χ3v) is 4.69. The van der Waals surface area contributed by atoms with Gasteiger partial charge in [-0.25, -0.2) is 22.5 Å². The lowest BCUT2D eigenvalue weighted by atomic mass is 10.2. The molecule has 1 saturated heterocycles. The highest BCUT2D eigenvalue weighted by Crippen LogP contribution is 2.23. The van der Waals surface area contributed by atoms with Crippen LogP contribution in [0.25, 0.3) is 0 Å². The van der Waals surface area contributed by atoms with Crippen LogP contribution in [0.15, 0.2) is 53.4 Å². The van der Waals surface area contributed by atoms with Crippen molar-refractivity contribution < 1.29 is 22.4 Å². The van der Waals surface area contributed by atoms with Crippen LogP contribution in [0.1, 0.15) is 0 Å². The van der Waals surface area contributed by atoms with Crippen molar-refractivity contribution in [1.29, 1.82) is 0 Å². The Morgan fingerprint density at radius 1 is 1.08 bits per heavy atom. The second kappa shape index (κ2) is 5.93. The lowest BCUT2D eigenvalue weighted by Gasteiger charge is -2.14. The molecule has 1 aliphatic heterocycles. The van der Waals surface area contributed by atoms with Crippen molar-refractivity contribution in [1.82, 2.24) is 5.32 Å². The molecule has 1 heterocycles. The molecule has 0 unspecified atom stereocenters. The van der Waals surface area contributed by atoms with E-state index >= 15 is 0 Å². The molecule has 1 fully saturated rings. The zero-order valence-corrected chi connectivity index (χ0v) is 13.0. The first-order valence-corrected chi connectivity index (χ1v) is 8.34. The van der Waals surface area contributed by atoms with Gasteiger partial charge in [0, 0.05) is 0 Å². The van der Waals surface area contributed by atoms with Crippen LogP contribution in [0.2, 0.25) is 0 Å². The Morgan fingerprint density at radius 3 is 2.50 bits per heavy atom. The van der Waals surface area contributed by atoms with Crippen molar-refractivity contribution in [2.75, 3.05) is 16.2 Å². The summed E-state index contributed by atoms with van der Waals surface area (Å²) in [5, 5.41) is 2.37. The van der Waals surface area contributed by atoms with Crippen LogP contribution >= 0.6 is 0 Å². The van der Waals surface area contributed by atoms with Gasteiger partial charge in [0.25, 0.3) is 15.9 Å². The minimum Gasteiger partial charge on any atom is -0.328 e. The summed E-state index contributed by atoms with van der Waals surface area (Å²) in [4.78, 5) is 24.0. The Balaban J connectivity index is 1.90. The van der Waals surface area contributed by atoms with Crippen LogP contribution in [-0.2, 0) is 14.8 Å². The molecule has 0 saturated carbocycles. The monoisotopic (exact) mass is 349 g/mol. The molecule has 0 aromatic heterocycles. The molecule has 7 nitrogen and oxygen atoms in total. The van der Waals surface area contributed by atoms with Crippen molar-refractivity contribution in [2.24, 2.45) is 0 Å². The summed E-state index contributed by atoms with van der Waals surface area (Å²) in [6.07, 6.45) is 0. The smallest absolute Gasteiger partial charge is 0.328 e. The van der Waals surface area contributed by atoms with Gasteiger partial charge >= 0.3 is 6.03 Å². The molecule has 0 radical (unpaired) electrons. The molecule has 2 aromatic rings. The van der Waals surface area contributed by atoms with Crippen LogP contribution in [0, 0.1) is 5.82 Å². The van der Waals surface area contributed by atoms with E-state index in [0.29, 0.717) is 0 Å². The number of urea groups is 1. The van der Waals surface area contributed by atoms with Crippen molar-refractivity contribution in [3.8, 4) is 0 Å². The number of anilines is 2. The Morgan fingerprint density at radius 2 is 1.83 bits per heavy atom. The highest BCUT2D eigenvalue weighted by atomic mass is 32.2. The van der Waals surface area contributed by atoms with Crippen molar-refractivity contribution in [3.05, 3.63) is 54.3 Å². The summed E-state index contributed by atoms with van der Waals surface area (Å²) in [7, 11) is -4.00. The number of nitrogens with one attached hydrogen (secondary N) is 2. The second-order valence-corrected chi connectivity index (χ2v) is 6.68. The van der Waals surface area contributed by atoms with Crippen LogP contribution in [0.3, 0.4) is 0 Å². The van der Waals surface area contributed by atoms with E-state index in [2.05, 4.69) is 10.0 Å². The quantitative estimate of drug-likeness (QED) is 0.821. The summed E-state index contributed by atoms with van der Waals surface area (Å²) >= 11 is 0. The average molecular weight is 349 g/mol. The maximum Gasteiger partial charge on any atom is 0.329 e. The Labute approximate surface area is 137 Å². The van der Waals surface area contributed by atoms with Crippen LogP contribution in [0.5, 0.6) is 0 Å². The second-order valence-electron chi connectivity index (χ2n) is 5.00. The lowest BCUT2D eigenvalue weighted by Crippen LogP contribution is -2.30. The van der Waals surface area contributed by atoms with Gasteiger partial charge in [0.15, 0.2) is 0 Å². The first-order valence-electron chi connectivity index (χ1n) is 6.86. The first-order chi connectivity index (χ1) is 11.4. The Kier molecular flexibility index (Phi) is 3.94. The highest BCUT2D eigenvalue weighted by Gasteiger charge is 2.30. The molecule has 24 heavy (non-hydrogen) atoms. The number of rotatable bonds is 4. The van der Waals surface area contributed by atoms with E-state index < -0.39 is 27.8 Å². The summed E-state index contributed by atoms with van der Waals surface area (Å²) < 4.78 is 40.1. The number of halogens is 1. The normalized spacial score (nSPS) is 14.6. The van der Waals surface area contributed by atoms with Gasteiger partial charge in [0.1, 0.15) is 5.82 Å². The van der Waals surface area contributed by atoms with E-state index in [9.17, 15) is 22.4 Å². The van der Waals surface area contributed by atoms with E-state index in [0.717, 1.165) is 17.0 Å². The van der Waals surface area contributed by atoms with Crippen molar-refractivity contribution >= 4 is 33.3 Å². The van der Waals surface area contributed by atoms with Crippen molar-refractivity contribution in [2.45, 2.75) is 4.90 Å². The summed E-state index contributed by atoms with van der Waals surface area (Å²) in [6.45, 7) is -0.113. The van der Waals surface area contributed by atoms with E-state index in [1.165, 1.54) is 36.4 Å². The summed E-state index contributed by atoms with van der Waals surface area (Å²) in [6, 6.07) is 9.80. The van der Waals surface area contributed by atoms with E-state index in [-0.39, 0.29) is 22.8 Å². The first kappa shape index (κ1) is 15.9. The van der Waals surface area contributed by atoms with Gasteiger partial charge in [0.2, 0.25) is 0 Å². The Hall–Kier alpha value is -2.94. The molecule has 9 heteroatoms. The predicted molar refractivity (Wildman–Crippen MR) is 84.5 cm³/mol. The average Bonchev–Trinajstić information content (AvgIpc) is 2.86. The Bertz CT molecular complexity index is 914. The highest BCUT2D eigenvalue weighted by molar-refractivity contribution is 7.92. The number of carbonyl (C=O) groups excluding carboxylic acids is 2. The molecule has 0 aliphatic carbocycles. The largest absolute Gasteiger partial charge is 0.329 e. The molecule has 0 atom stereocenters. The van der Waals surface area contributed by atoms with Gasteiger partial charge in [-0.15, -0.1) is 0 Å². The molecule has 0 bridgehead atoms. The fraction of sp³-hybridized carbons (Fsp3) is 0.0667. The third kappa shape index (κ3) is 3.06. The zero-order chi connectivity index (χ0) is 17.3. The van der Waals surface area contributed by atoms with Gasteiger partial charge < -0.3 is 5.32 Å². The zero-order valence-electron chi connectivity index (χ0n) is 12.2. The molecule has 124 valence electrons. The fourth-order valence-electron chi connectivity index (χ4n) is 2.24. The summed E-state index contributed by atoms with van der Waals surface area (Å²) in [5.41, 5.74) is 0.374. The van der Waals surface area contributed by atoms with Crippen LogP contribution in [-0.4, -0.2) is 26.9 Å². The van der Waals surface area contributed by atoms with Gasteiger partial charge in [0.05, 0.1) is 22.8 Å². The number of hydrogen-bond acceptors (Lipinski definition) is 4. The maximum atomic E-state index is 13.2. The topological polar surface area (TPSA) is 95.6 Å². The van der Waals surface area contributed by atoms with Gasteiger partial charge in [-0.3, -0.25) is 9.52 Å². The number of imide groups is 1. The maximum absolute atomic E-state index is 13.2. The number of benzene rings is 2. The molecule has 2 N–H and O–H groups in total. The van der Waals surface area contributed by atoms with Gasteiger partial charge in [-0.2, -0.15) is 0 Å². The lowest BCUT2D eigenvalue weighted by molar-refractivity contribution is -0.115. The molecule has 2 aromatic carbocycles. The van der Waals surface area contributed by atoms with Crippen LogP contribution < -0.4 is 14.9 Å². The van der Waals surface area contributed by atoms with Gasteiger partial charge in [-0.1, -0.05) is 12.1 Å². The van der Waals surface area contributed by atoms with E-state index in [1.807, 2.05) is 0 Å². The molecular formula is C15H12FN3O4S. The number of amides is 3. The SMILES string of the molecule is O=C1CNC(=O)N1c1cccc(NS(=O)(=O)c2cccc(F)c2)c1. The third-order valence-electron chi connectivity index (χ3n) is 3.31. The fourth-order valence-corrected chi connectivity index (χ4v) is 3.32. The number of nitrogens with zero attached hydrogens (tertiary/aromatic N) is 1. The van der Waals surface area contributed by atoms with E-state index in [1.54, 1.807) is 0 Å². The van der Waals surface area contributed by atoms with Crippen molar-refractivity contribution in [3.63, 3.8) is 0 Å². The van der Waals surface area contributed by atoms with E-state index in [4.69, 9.17) is 0 Å². The number of hydrogen-bond donors (Lipinski definition) is 2.